The monoisotopic (exact) mass is 361 g/mol. The van der Waals surface area contributed by atoms with Crippen LogP contribution in [-0.2, 0) is 0 Å². The van der Waals surface area contributed by atoms with Gasteiger partial charge in [0.05, 0.1) is 11.4 Å². The van der Waals surface area contributed by atoms with Gasteiger partial charge in [-0.2, -0.15) is 0 Å². The quantitative estimate of drug-likeness (QED) is 0.321. The van der Waals surface area contributed by atoms with Crippen LogP contribution in [0.25, 0.3) is 22.2 Å². The number of ketones is 1. The normalized spacial score (nSPS) is 10.9. The zero-order valence-corrected chi connectivity index (χ0v) is 14.5. The van der Waals surface area contributed by atoms with Crippen molar-refractivity contribution in [2.45, 2.75) is 5.16 Å². The Labute approximate surface area is 153 Å². The smallest absolute Gasteiger partial charge is 0.252 e. The van der Waals surface area contributed by atoms with Crippen LogP contribution >= 0.6 is 11.8 Å². The molecule has 0 atom stereocenters. The second-order valence-corrected chi connectivity index (χ2v) is 6.73. The highest BCUT2D eigenvalue weighted by atomic mass is 32.2. The standard InChI is InChI=1S/C20H15N3O2S/c24-18(15-11-21-16-9-5-4-8-14(15)16)12-26-20-22-17(10-19(25)23-20)13-6-2-1-3-7-13/h1-11,21H,12H2,(H,22,23,25). The topological polar surface area (TPSA) is 78.6 Å². The molecular formula is C20H15N3O2S. The van der Waals surface area contributed by atoms with Gasteiger partial charge in [0.1, 0.15) is 0 Å². The zero-order chi connectivity index (χ0) is 17.9. The molecule has 0 spiro atoms. The molecular weight excluding hydrogens is 346 g/mol. The molecule has 6 heteroatoms. The first-order valence-corrected chi connectivity index (χ1v) is 9.08. The first-order valence-electron chi connectivity index (χ1n) is 8.09. The van der Waals surface area contributed by atoms with Crippen LogP contribution in [-0.4, -0.2) is 26.5 Å². The van der Waals surface area contributed by atoms with Crippen LogP contribution in [0.1, 0.15) is 10.4 Å². The van der Waals surface area contributed by atoms with Crippen molar-refractivity contribution in [2.24, 2.45) is 0 Å². The van der Waals surface area contributed by atoms with E-state index in [9.17, 15) is 9.59 Å². The number of benzene rings is 2. The molecule has 0 saturated heterocycles. The number of nitrogens with one attached hydrogen (secondary N) is 2. The van der Waals surface area contributed by atoms with E-state index in [4.69, 9.17) is 0 Å². The first kappa shape index (κ1) is 16.4. The third-order valence-electron chi connectivity index (χ3n) is 4.02. The van der Waals surface area contributed by atoms with Crippen molar-refractivity contribution in [1.29, 1.82) is 0 Å². The number of para-hydroxylation sites is 1. The molecule has 0 unspecified atom stereocenters. The average Bonchev–Trinajstić information content (AvgIpc) is 3.11. The van der Waals surface area contributed by atoms with Crippen molar-refractivity contribution >= 4 is 28.4 Å². The van der Waals surface area contributed by atoms with Gasteiger partial charge in [0.2, 0.25) is 0 Å². The maximum Gasteiger partial charge on any atom is 0.252 e. The minimum absolute atomic E-state index is 0.0137. The maximum atomic E-state index is 12.6. The van der Waals surface area contributed by atoms with Gasteiger partial charge in [-0.1, -0.05) is 60.3 Å². The maximum absolute atomic E-state index is 12.6. The molecule has 4 rings (SSSR count). The molecule has 0 amide bonds. The van der Waals surface area contributed by atoms with E-state index >= 15 is 0 Å². The molecule has 128 valence electrons. The van der Waals surface area contributed by atoms with Crippen molar-refractivity contribution in [3.05, 3.63) is 82.8 Å². The third-order valence-corrected chi connectivity index (χ3v) is 4.89. The number of rotatable bonds is 5. The second kappa shape index (κ2) is 7.01. The number of carbonyl (C=O) groups excluding carboxylic acids is 1. The summed E-state index contributed by atoms with van der Waals surface area (Å²) < 4.78 is 0. The van der Waals surface area contributed by atoms with Gasteiger partial charge >= 0.3 is 0 Å². The van der Waals surface area contributed by atoms with Crippen LogP contribution in [0.2, 0.25) is 0 Å². The lowest BCUT2D eigenvalue weighted by Gasteiger charge is -2.04. The van der Waals surface area contributed by atoms with Crippen LogP contribution in [0, 0.1) is 0 Å². The fourth-order valence-corrected chi connectivity index (χ4v) is 3.53. The summed E-state index contributed by atoms with van der Waals surface area (Å²) in [5.74, 6) is 0.184. The van der Waals surface area contributed by atoms with Crippen LogP contribution in [0.15, 0.2) is 76.8 Å². The Hall–Kier alpha value is -3.12. The van der Waals surface area contributed by atoms with Gasteiger partial charge in [0, 0.05) is 34.3 Å². The Kier molecular flexibility index (Phi) is 4.41. The fourth-order valence-electron chi connectivity index (χ4n) is 2.77. The van der Waals surface area contributed by atoms with Crippen LogP contribution in [0.4, 0.5) is 0 Å². The minimum Gasteiger partial charge on any atom is -0.360 e. The molecule has 4 aromatic rings. The summed E-state index contributed by atoms with van der Waals surface area (Å²) in [7, 11) is 0. The Morgan fingerprint density at radius 3 is 2.65 bits per heavy atom. The lowest BCUT2D eigenvalue weighted by molar-refractivity contribution is 0.102. The van der Waals surface area contributed by atoms with Crippen molar-refractivity contribution in [1.82, 2.24) is 15.0 Å². The van der Waals surface area contributed by atoms with E-state index < -0.39 is 0 Å². The lowest BCUT2D eigenvalue weighted by atomic mass is 10.1. The molecule has 0 aliphatic heterocycles. The molecule has 2 heterocycles. The highest BCUT2D eigenvalue weighted by molar-refractivity contribution is 7.99. The molecule has 26 heavy (non-hydrogen) atoms. The first-order chi connectivity index (χ1) is 12.7. The Morgan fingerprint density at radius 2 is 1.81 bits per heavy atom. The van der Waals surface area contributed by atoms with E-state index in [0.29, 0.717) is 16.4 Å². The number of hydrogen-bond donors (Lipinski definition) is 2. The zero-order valence-electron chi connectivity index (χ0n) is 13.7. The molecule has 2 aromatic carbocycles. The SMILES string of the molecule is O=C(CSc1nc(-c2ccccc2)cc(=O)[nH]1)c1c[nH]c2ccccc12. The summed E-state index contributed by atoms with van der Waals surface area (Å²) in [6.07, 6.45) is 1.73. The van der Waals surface area contributed by atoms with Gasteiger partial charge in [-0.15, -0.1) is 0 Å². The van der Waals surface area contributed by atoms with Crippen LogP contribution in [0.3, 0.4) is 0 Å². The van der Waals surface area contributed by atoms with Crippen molar-refractivity contribution < 1.29 is 4.79 Å². The molecule has 0 radical (unpaired) electrons. The molecule has 0 aliphatic carbocycles. The number of aromatic amines is 2. The van der Waals surface area contributed by atoms with E-state index in [2.05, 4.69) is 15.0 Å². The number of hydrogen-bond acceptors (Lipinski definition) is 4. The molecule has 0 bridgehead atoms. The summed E-state index contributed by atoms with van der Waals surface area (Å²) in [6.45, 7) is 0. The number of H-pyrrole nitrogens is 2. The van der Waals surface area contributed by atoms with Gasteiger partial charge in [0.15, 0.2) is 10.9 Å². The molecule has 0 fully saturated rings. The van der Waals surface area contributed by atoms with Gasteiger partial charge in [-0.05, 0) is 6.07 Å². The average molecular weight is 361 g/mol. The van der Waals surface area contributed by atoms with Gasteiger partial charge in [0.25, 0.3) is 5.56 Å². The number of Topliss-reactive ketones (excluding diaryl/α,β-unsaturated/α-hetero) is 1. The molecule has 5 nitrogen and oxygen atoms in total. The van der Waals surface area contributed by atoms with E-state index in [1.165, 1.54) is 17.8 Å². The molecule has 0 saturated carbocycles. The second-order valence-electron chi connectivity index (χ2n) is 5.76. The summed E-state index contributed by atoms with van der Waals surface area (Å²) in [6, 6.07) is 18.6. The Balaban J connectivity index is 1.55. The van der Waals surface area contributed by atoms with Gasteiger partial charge < -0.3 is 9.97 Å². The third kappa shape index (κ3) is 3.32. The van der Waals surface area contributed by atoms with E-state index in [1.807, 2.05) is 54.6 Å². The van der Waals surface area contributed by atoms with Crippen LogP contribution in [0.5, 0.6) is 0 Å². The summed E-state index contributed by atoms with van der Waals surface area (Å²) in [5.41, 5.74) is 2.80. The molecule has 2 N–H and O–H groups in total. The van der Waals surface area contributed by atoms with Crippen molar-refractivity contribution in [2.75, 3.05) is 5.75 Å². The summed E-state index contributed by atoms with van der Waals surface area (Å²) >= 11 is 1.23. The number of aromatic nitrogens is 3. The largest absolute Gasteiger partial charge is 0.360 e. The highest BCUT2D eigenvalue weighted by Gasteiger charge is 2.13. The molecule has 0 aliphatic rings. The van der Waals surface area contributed by atoms with E-state index in [0.717, 1.165) is 16.5 Å². The number of thioether (sulfide) groups is 1. The summed E-state index contributed by atoms with van der Waals surface area (Å²) in [5, 5.41) is 1.34. The van der Waals surface area contributed by atoms with Gasteiger partial charge in [-0.3, -0.25) is 9.59 Å². The Morgan fingerprint density at radius 1 is 1.04 bits per heavy atom. The number of nitrogens with zero attached hydrogens (tertiary/aromatic N) is 1. The fraction of sp³-hybridized carbons (Fsp3) is 0.0500. The lowest BCUT2D eigenvalue weighted by Crippen LogP contribution is -2.09. The van der Waals surface area contributed by atoms with E-state index in [-0.39, 0.29) is 17.1 Å². The summed E-state index contributed by atoms with van der Waals surface area (Å²) in [4.78, 5) is 34.8. The molecule has 2 aromatic heterocycles. The minimum atomic E-state index is -0.235. The van der Waals surface area contributed by atoms with Crippen molar-refractivity contribution in [3.8, 4) is 11.3 Å². The van der Waals surface area contributed by atoms with E-state index in [1.54, 1.807) is 6.20 Å². The predicted molar refractivity (Wildman–Crippen MR) is 104 cm³/mol. The van der Waals surface area contributed by atoms with Crippen molar-refractivity contribution in [3.63, 3.8) is 0 Å². The predicted octanol–water partition coefficient (Wildman–Crippen LogP) is 3.89. The highest BCUT2D eigenvalue weighted by Crippen LogP contribution is 2.22. The number of carbonyl (C=O) groups is 1. The number of fused-ring (bicyclic) bond motifs is 1. The van der Waals surface area contributed by atoms with Gasteiger partial charge in [-0.25, -0.2) is 4.98 Å². The Bertz CT molecular complexity index is 1130. The van der Waals surface area contributed by atoms with Crippen LogP contribution < -0.4 is 5.56 Å².